The maximum absolute atomic E-state index is 11.5. The van der Waals surface area contributed by atoms with E-state index in [0.717, 1.165) is 6.26 Å². The van der Waals surface area contributed by atoms with Gasteiger partial charge in [-0.15, -0.1) is 0 Å². The molecule has 1 rings (SSSR count). The fraction of sp³-hybridized carbons (Fsp3) is 0.444. The van der Waals surface area contributed by atoms with Crippen LogP contribution in [0.1, 0.15) is 16.8 Å². The molecule has 0 fully saturated rings. The molecule has 0 saturated heterocycles. The highest BCUT2D eigenvalue weighted by atomic mass is 35.5. The first kappa shape index (κ1) is 14.0. The van der Waals surface area contributed by atoms with Crippen molar-refractivity contribution in [2.75, 3.05) is 19.3 Å². The second-order valence-corrected chi connectivity index (χ2v) is 5.56. The van der Waals surface area contributed by atoms with E-state index in [0.29, 0.717) is 13.0 Å². The van der Waals surface area contributed by atoms with Crippen molar-refractivity contribution < 1.29 is 17.6 Å². The van der Waals surface area contributed by atoms with E-state index in [4.69, 9.17) is 16.0 Å². The van der Waals surface area contributed by atoms with Gasteiger partial charge in [0.05, 0.1) is 18.1 Å². The van der Waals surface area contributed by atoms with E-state index in [1.54, 1.807) is 0 Å². The summed E-state index contributed by atoms with van der Waals surface area (Å²) < 4.78 is 28.6. The van der Waals surface area contributed by atoms with Gasteiger partial charge < -0.3 is 9.73 Å². The molecule has 0 aliphatic carbocycles. The smallest absolute Gasteiger partial charge is 0.256 e. The van der Waals surface area contributed by atoms with Crippen molar-refractivity contribution in [2.24, 2.45) is 0 Å². The number of carbonyl (C=O) groups excluding carboxylic acids is 1. The normalized spacial score (nSPS) is 11.4. The van der Waals surface area contributed by atoms with Crippen LogP contribution in [-0.4, -0.2) is 33.7 Å². The topological polar surface area (TPSA) is 88.4 Å². The third-order valence-electron chi connectivity index (χ3n) is 1.87. The van der Waals surface area contributed by atoms with Crippen LogP contribution < -0.4 is 10.0 Å². The molecule has 0 bridgehead atoms. The van der Waals surface area contributed by atoms with Gasteiger partial charge in [-0.05, 0) is 24.1 Å². The molecule has 1 aromatic heterocycles. The first-order valence-corrected chi connectivity index (χ1v) is 7.13. The van der Waals surface area contributed by atoms with E-state index in [-0.39, 0.29) is 23.2 Å². The minimum atomic E-state index is -3.17. The monoisotopic (exact) mass is 280 g/mol. The second-order valence-electron chi connectivity index (χ2n) is 3.38. The Labute approximate surface area is 104 Å². The van der Waals surface area contributed by atoms with Crippen LogP contribution in [0.3, 0.4) is 0 Å². The molecule has 1 amide bonds. The van der Waals surface area contributed by atoms with Crippen LogP contribution in [0.4, 0.5) is 0 Å². The van der Waals surface area contributed by atoms with E-state index in [9.17, 15) is 13.2 Å². The number of hydrogen-bond acceptors (Lipinski definition) is 4. The summed E-state index contributed by atoms with van der Waals surface area (Å²) in [6.45, 7) is 0.626. The summed E-state index contributed by atoms with van der Waals surface area (Å²) in [7, 11) is -3.17. The second kappa shape index (κ2) is 6.04. The zero-order valence-electron chi connectivity index (χ0n) is 9.20. The summed E-state index contributed by atoms with van der Waals surface area (Å²) in [4.78, 5) is 11.5. The largest absolute Gasteiger partial charge is 0.452 e. The Kier molecular flexibility index (Phi) is 4.98. The molecule has 0 atom stereocenters. The Morgan fingerprint density at radius 3 is 2.71 bits per heavy atom. The molecule has 96 valence electrons. The first-order chi connectivity index (χ1) is 7.90. The number of rotatable bonds is 6. The predicted molar refractivity (Wildman–Crippen MR) is 63.5 cm³/mol. The van der Waals surface area contributed by atoms with Gasteiger partial charge in [0, 0.05) is 13.1 Å². The van der Waals surface area contributed by atoms with Crippen LogP contribution in [0, 0.1) is 0 Å². The number of sulfonamides is 1. The molecule has 8 heteroatoms. The molecular formula is C9H13ClN2O4S. The third-order valence-corrected chi connectivity index (χ3v) is 2.89. The van der Waals surface area contributed by atoms with E-state index in [1.807, 2.05) is 0 Å². The quantitative estimate of drug-likeness (QED) is 0.747. The van der Waals surface area contributed by atoms with Crippen molar-refractivity contribution in [1.29, 1.82) is 0 Å². The Balaban J connectivity index is 2.24. The molecule has 1 aromatic rings. The number of halogens is 1. The molecule has 0 spiro atoms. The minimum absolute atomic E-state index is 0.0387. The van der Waals surface area contributed by atoms with Crippen LogP contribution in [-0.2, 0) is 10.0 Å². The molecular weight excluding hydrogens is 268 g/mol. The predicted octanol–water partition coefficient (Wildman–Crippen LogP) is 0.602. The van der Waals surface area contributed by atoms with Gasteiger partial charge in [-0.2, -0.15) is 0 Å². The van der Waals surface area contributed by atoms with Gasteiger partial charge in [0.1, 0.15) is 0 Å². The van der Waals surface area contributed by atoms with Crippen molar-refractivity contribution in [3.05, 3.63) is 23.1 Å². The van der Waals surface area contributed by atoms with Crippen molar-refractivity contribution in [3.63, 3.8) is 0 Å². The number of amides is 1. The Hall–Kier alpha value is -1.05. The van der Waals surface area contributed by atoms with E-state index < -0.39 is 10.0 Å². The summed E-state index contributed by atoms with van der Waals surface area (Å²) in [5.74, 6) is -0.344. The fourth-order valence-electron chi connectivity index (χ4n) is 1.10. The van der Waals surface area contributed by atoms with Crippen LogP contribution in [0.25, 0.3) is 0 Å². The van der Waals surface area contributed by atoms with E-state index in [1.165, 1.54) is 12.3 Å². The Morgan fingerprint density at radius 2 is 2.18 bits per heavy atom. The van der Waals surface area contributed by atoms with Crippen LogP contribution in [0.15, 0.2) is 16.7 Å². The Bertz CT molecular complexity index is 483. The average molecular weight is 281 g/mol. The van der Waals surface area contributed by atoms with Crippen LogP contribution in [0.2, 0.25) is 5.22 Å². The summed E-state index contributed by atoms with van der Waals surface area (Å²) in [5, 5.41) is 2.63. The SMILES string of the molecule is CS(=O)(=O)NCCCNC(=O)c1ccoc1Cl. The standard InChI is InChI=1S/C9H13ClN2O4S/c1-17(14,15)12-5-2-4-11-9(13)7-3-6-16-8(7)10/h3,6,12H,2,4-5H2,1H3,(H,11,13). The zero-order chi connectivity index (χ0) is 12.9. The lowest BCUT2D eigenvalue weighted by Gasteiger charge is -2.04. The molecule has 1 heterocycles. The number of nitrogens with one attached hydrogen (secondary N) is 2. The lowest BCUT2D eigenvalue weighted by molar-refractivity contribution is 0.0953. The molecule has 0 saturated carbocycles. The lowest BCUT2D eigenvalue weighted by atomic mass is 10.3. The minimum Gasteiger partial charge on any atom is -0.452 e. The number of furan rings is 1. The van der Waals surface area contributed by atoms with Crippen molar-refractivity contribution in [1.82, 2.24) is 10.0 Å². The number of hydrogen-bond donors (Lipinski definition) is 2. The Morgan fingerprint density at radius 1 is 1.47 bits per heavy atom. The zero-order valence-corrected chi connectivity index (χ0v) is 10.8. The highest BCUT2D eigenvalue weighted by molar-refractivity contribution is 7.88. The van der Waals surface area contributed by atoms with Gasteiger partial charge >= 0.3 is 0 Å². The molecule has 0 aliphatic heterocycles. The van der Waals surface area contributed by atoms with Crippen LogP contribution in [0.5, 0.6) is 0 Å². The van der Waals surface area contributed by atoms with E-state index in [2.05, 4.69) is 10.0 Å². The third kappa shape index (κ3) is 5.20. The first-order valence-electron chi connectivity index (χ1n) is 4.86. The van der Waals surface area contributed by atoms with Gasteiger partial charge in [-0.25, -0.2) is 13.1 Å². The molecule has 17 heavy (non-hydrogen) atoms. The lowest BCUT2D eigenvalue weighted by Crippen LogP contribution is -2.29. The summed E-state index contributed by atoms with van der Waals surface area (Å²) in [5.41, 5.74) is 0.266. The maximum atomic E-state index is 11.5. The van der Waals surface area contributed by atoms with Gasteiger partial charge in [0.2, 0.25) is 15.2 Å². The molecule has 0 unspecified atom stereocenters. The number of carbonyl (C=O) groups is 1. The molecule has 0 aliphatic rings. The average Bonchev–Trinajstić information content (AvgIpc) is 2.62. The van der Waals surface area contributed by atoms with Crippen LogP contribution >= 0.6 is 11.6 Å². The van der Waals surface area contributed by atoms with Crippen molar-refractivity contribution in [3.8, 4) is 0 Å². The summed E-state index contributed by atoms with van der Waals surface area (Å²) >= 11 is 5.62. The fourth-order valence-corrected chi connectivity index (χ4v) is 1.81. The molecule has 6 nitrogen and oxygen atoms in total. The molecule has 0 radical (unpaired) electrons. The summed E-state index contributed by atoms with van der Waals surface area (Å²) in [6.07, 6.45) is 2.90. The highest BCUT2D eigenvalue weighted by Gasteiger charge is 2.11. The van der Waals surface area contributed by atoms with Gasteiger partial charge in [0.15, 0.2) is 0 Å². The maximum Gasteiger partial charge on any atom is 0.256 e. The van der Waals surface area contributed by atoms with Gasteiger partial charge in [-0.1, -0.05) is 0 Å². The van der Waals surface area contributed by atoms with Gasteiger partial charge in [-0.3, -0.25) is 4.79 Å². The van der Waals surface area contributed by atoms with Crippen molar-refractivity contribution in [2.45, 2.75) is 6.42 Å². The molecule has 0 aromatic carbocycles. The highest BCUT2D eigenvalue weighted by Crippen LogP contribution is 2.15. The molecule has 2 N–H and O–H groups in total. The van der Waals surface area contributed by atoms with E-state index >= 15 is 0 Å². The summed E-state index contributed by atoms with van der Waals surface area (Å²) in [6, 6.07) is 1.46. The van der Waals surface area contributed by atoms with Gasteiger partial charge in [0.25, 0.3) is 5.91 Å². The van der Waals surface area contributed by atoms with Crippen molar-refractivity contribution >= 4 is 27.5 Å².